The molecule has 2 aromatic carbocycles. The van der Waals surface area contributed by atoms with Crippen LogP contribution in [0.4, 0.5) is 5.69 Å². The molecule has 3 aliphatic rings. The molecule has 19 heteroatoms. The van der Waals surface area contributed by atoms with Crippen molar-refractivity contribution >= 4 is 80.5 Å². The van der Waals surface area contributed by atoms with Gasteiger partial charge in [0.15, 0.2) is 0 Å². The molecule has 2 aliphatic heterocycles. The van der Waals surface area contributed by atoms with E-state index in [1.54, 1.807) is 74.9 Å². The molecular weight excluding hydrogens is 843 g/mol. The van der Waals surface area contributed by atoms with Crippen molar-refractivity contribution in [2.75, 3.05) is 44.0 Å². The average Bonchev–Trinajstić information content (AvgIpc) is 3.62. The van der Waals surface area contributed by atoms with E-state index in [4.69, 9.17) is 0 Å². The molecule has 3 fully saturated rings. The molecule has 2 saturated heterocycles. The van der Waals surface area contributed by atoms with Gasteiger partial charge in [0.25, 0.3) is 5.91 Å². The smallest absolute Gasteiger partial charge is 0.290 e. The van der Waals surface area contributed by atoms with Gasteiger partial charge < -0.3 is 31.1 Å². The predicted molar refractivity (Wildman–Crippen MR) is 235 cm³/mol. The fourth-order valence-corrected chi connectivity index (χ4v) is 12.5. The Kier molecular flexibility index (Phi) is 16.8. The highest BCUT2D eigenvalue weighted by atomic mass is 32.2. The van der Waals surface area contributed by atoms with Crippen molar-refractivity contribution in [3.63, 3.8) is 0 Å². The van der Waals surface area contributed by atoms with Crippen LogP contribution < -0.4 is 26.0 Å². The van der Waals surface area contributed by atoms with E-state index in [9.17, 15) is 42.0 Å². The number of ketones is 1. The van der Waals surface area contributed by atoms with Gasteiger partial charge in [0.05, 0.1) is 21.6 Å². The average molecular weight is 900 g/mol. The first-order chi connectivity index (χ1) is 29.0. The Labute approximate surface area is 366 Å². The fraction of sp³-hybridized carbons (Fsp3) is 0.548. The van der Waals surface area contributed by atoms with Gasteiger partial charge in [-0.3, -0.25) is 33.6 Å². The molecule has 61 heavy (non-hydrogen) atoms. The van der Waals surface area contributed by atoms with Crippen LogP contribution in [0.2, 0.25) is 0 Å². The highest BCUT2D eigenvalue weighted by Gasteiger charge is 2.52. The number of carbonyl (C=O) groups is 7. The number of anilines is 1. The van der Waals surface area contributed by atoms with Gasteiger partial charge in [-0.1, -0.05) is 62.9 Å². The second-order valence-electron chi connectivity index (χ2n) is 15.9. The molecule has 0 radical (unpaired) electrons. The number of benzene rings is 2. The van der Waals surface area contributed by atoms with Gasteiger partial charge in [0.2, 0.25) is 45.3 Å². The number of thioether (sulfide) groups is 2. The topological polar surface area (TPSA) is 220 Å². The number of hydrogen-bond acceptors (Lipinski definition) is 11. The van der Waals surface area contributed by atoms with E-state index in [-0.39, 0.29) is 36.1 Å². The summed E-state index contributed by atoms with van der Waals surface area (Å²) in [6, 6.07) is 9.69. The van der Waals surface area contributed by atoms with Gasteiger partial charge in [-0.05, 0) is 72.9 Å². The van der Waals surface area contributed by atoms with E-state index in [2.05, 4.69) is 26.0 Å². The van der Waals surface area contributed by atoms with Gasteiger partial charge in [-0.2, -0.15) is 4.72 Å². The zero-order valence-electron chi connectivity index (χ0n) is 35.1. The van der Waals surface area contributed by atoms with E-state index in [0.717, 1.165) is 37.2 Å². The van der Waals surface area contributed by atoms with Crippen LogP contribution in [0.3, 0.4) is 0 Å². The van der Waals surface area contributed by atoms with Crippen molar-refractivity contribution in [1.82, 2.24) is 30.5 Å². The Hall–Kier alpha value is -4.46. The summed E-state index contributed by atoms with van der Waals surface area (Å²) in [6.07, 6.45) is 5.51. The Morgan fingerprint density at radius 1 is 0.885 bits per heavy atom. The second kappa shape index (κ2) is 21.6. The molecule has 16 nitrogen and oxygen atoms in total. The molecule has 0 aromatic heterocycles. The minimum atomic E-state index is -4.25. The number of rotatable bonds is 17. The normalized spacial score (nSPS) is 19.2. The second-order valence-corrected chi connectivity index (χ2v) is 20.8. The number of nitrogens with one attached hydrogen (secondary N) is 5. The summed E-state index contributed by atoms with van der Waals surface area (Å²) < 4.78 is 30.0. The molecule has 5 rings (SSSR count). The third-order valence-corrected chi connectivity index (χ3v) is 15.8. The highest BCUT2D eigenvalue weighted by Crippen LogP contribution is 2.50. The van der Waals surface area contributed by atoms with Crippen LogP contribution in [0, 0.1) is 5.92 Å². The molecular formula is C42H57N7O9S3. The molecule has 5 N–H and O–H groups in total. The van der Waals surface area contributed by atoms with E-state index >= 15 is 0 Å². The van der Waals surface area contributed by atoms with Crippen molar-refractivity contribution in [2.24, 2.45) is 5.92 Å². The van der Waals surface area contributed by atoms with Gasteiger partial charge >= 0.3 is 0 Å². The van der Waals surface area contributed by atoms with Gasteiger partial charge in [-0.25, -0.2) is 8.42 Å². The molecule has 1 aliphatic carbocycles. The van der Waals surface area contributed by atoms with E-state index in [1.807, 2.05) is 0 Å². The van der Waals surface area contributed by atoms with Crippen LogP contribution in [0.25, 0.3) is 0 Å². The summed E-state index contributed by atoms with van der Waals surface area (Å²) in [5, 5.41) is 10.3. The Bertz CT molecular complexity index is 2020. The molecule has 332 valence electrons. The predicted octanol–water partition coefficient (Wildman–Crippen LogP) is 2.96. The van der Waals surface area contributed by atoms with Gasteiger partial charge in [0, 0.05) is 39.7 Å². The first-order valence-electron chi connectivity index (χ1n) is 20.7. The molecule has 1 spiro atoms. The maximum absolute atomic E-state index is 14.9. The molecule has 6 amide bonds. The number of carbonyl (C=O) groups excluding carboxylic acids is 7. The zero-order chi connectivity index (χ0) is 44.3. The summed E-state index contributed by atoms with van der Waals surface area (Å²) in [6.45, 7) is 2.70. The summed E-state index contributed by atoms with van der Waals surface area (Å²) in [5.41, 5.74) is 0.948. The number of amides is 6. The van der Waals surface area contributed by atoms with Crippen LogP contribution in [0.1, 0.15) is 83.2 Å². The lowest BCUT2D eigenvalue weighted by Crippen LogP contribution is -2.58. The summed E-state index contributed by atoms with van der Waals surface area (Å²) >= 11 is 3.32. The number of hydrogen-bond donors (Lipinski definition) is 5. The lowest BCUT2D eigenvalue weighted by atomic mass is 9.83. The minimum Gasteiger partial charge on any atom is -0.347 e. The van der Waals surface area contributed by atoms with Crippen molar-refractivity contribution in [3.05, 3.63) is 60.2 Å². The first kappa shape index (κ1) is 47.6. The van der Waals surface area contributed by atoms with Crippen molar-refractivity contribution in [3.8, 4) is 0 Å². The lowest BCUT2D eigenvalue weighted by molar-refractivity contribution is -0.143. The van der Waals surface area contributed by atoms with Gasteiger partial charge in [0.1, 0.15) is 18.1 Å². The van der Waals surface area contributed by atoms with Crippen LogP contribution in [-0.4, -0.2) is 120 Å². The number of nitrogens with zero attached hydrogens (tertiary/aromatic N) is 2. The standard InChI is InChI=1S/C42H57N7O9S3/c1-5-13-32(37(52)39(54)43-25-34(51)46-35(40(55)48(3)4)28-14-8-6-9-15-28)45-38(53)33-24-42(59-22-12-23-60-42)26-49(33)41(56)36(29-16-10-7-11-17-29)47-61(57,58)31-20-18-30(19-21-31)44-27(2)50/h6,8-9,14-15,18-21,29,32-33,35-36,47H,5,7,10-13,16-17,22-26H2,1-4H3,(H,43,54)(H,44,50)(H,45,53)(H,46,51)/t32?,33-,35?,36-/m0/s1. The molecule has 2 heterocycles. The molecule has 0 bridgehead atoms. The van der Waals surface area contributed by atoms with E-state index in [0.29, 0.717) is 30.5 Å². The van der Waals surface area contributed by atoms with Gasteiger partial charge in [-0.15, -0.1) is 23.5 Å². The largest absolute Gasteiger partial charge is 0.347 e. The molecule has 4 atom stereocenters. The number of sulfonamides is 1. The number of likely N-dealkylation sites (tertiary alicyclic amines) is 1. The Morgan fingerprint density at radius 3 is 2.15 bits per heavy atom. The zero-order valence-corrected chi connectivity index (χ0v) is 37.5. The summed E-state index contributed by atoms with van der Waals surface area (Å²) in [7, 11) is -1.14. The minimum absolute atomic E-state index is 0.0875. The Balaban J connectivity index is 1.33. The highest BCUT2D eigenvalue weighted by molar-refractivity contribution is 8.18. The molecule has 2 unspecified atom stereocenters. The fourth-order valence-electron chi connectivity index (χ4n) is 7.92. The quantitative estimate of drug-likeness (QED) is 0.145. The van der Waals surface area contributed by atoms with Crippen molar-refractivity contribution < 1.29 is 42.0 Å². The van der Waals surface area contributed by atoms with Crippen molar-refractivity contribution in [2.45, 2.75) is 105 Å². The van der Waals surface area contributed by atoms with Crippen LogP contribution in [-0.2, 0) is 43.6 Å². The number of Topliss-reactive ketones (excluding diaryl/α,β-unsaturated/α-hetero) is 1. The molecule has 1 saturated carbocycles. The van der Waals surface area contributed by atoms with Crippen molar-refractivity contribution in [1.29, 1.82) is 0 Å². The maximum Gasteiger partial charge on any atom is 0.290 e. The van der Waals surface area contributed by atoms with E-state index < -0.39 is 80.1 Å². The monoisotopic (exact) mass is 899 g/mol. The third kappa shape index (κ3) is 12.6. The maximum atomic E-state index is 14.9. The number of likely N-dealkylation sites (N-methyl/N-ethyl adjacent to an activating group) is 1. The Morgan fingerprint density at radius 2 is 1.54 bits per heavy atom. The molecule has 2 aromatic rings. The lowest BCUT2D eigenvalue weighted by Gasteiger charge is -2.35. The van der Waals surface area contributed by atoms with Crippen LogP contribution in [0.15, 0.2) is 59.5 Å². The van der Waals surface area contributed by atoms with Crippen LogP contribution >= 0.6 is 23.5 Å². The first-order valence-corrected chi connectivity index (χ1v) is 24.2. The SMILES string of the molecule is CCCC(NC(=O)[C@@H]1CC2(CN1C(=O)[C@@H](NS(=O)(=O)c1ccc(NC(C)=O)cc1)C1CCCCC1)SCCCS2)C(=O)C(=O)NCC(=O)NC(C(=O)N(C)C)c1ccccc1. The summed E-state index contributed by atoms with van der Waals surface area (Å²) in [5.74, 6) is -3.36. The third-order valence-electron chi connectivity index (χ3n) is 11.0. The van der Waals surface area contributed by atoms with Crippen LogP contribution in [0.5, 0.6) is 0 Å². The van der Waals surface area contributed by atoms with E-state index in [1.165, 1.54) is 41.0 Å². The summed E-state index contributed by atoms with van der Waals surface area (Å²) in [4.78, 5) is 96.2.